The number of likely N-dealkylation sites (tertiary alicyclic amines) is 1. The Kier molecular flexibility index (Phi) is 5.29. The van der Waals surface area contributed by atoms with Gasteiger partial charge in [-0.15, -0.1) is 12.4 Å². The molecule has 1 unspecified atom stereocenters. The monoisotopic (exact) mass is 323 g/mol. The molecule has 1 aliphatic heterocycles. The molecule has 2 amide bonds. The summed E-state index contributed by atoms with van der Waals surface area (Å²) in [5.74, 6) is 0.0360. The van der Waals surface area contributed by atoms with Gasteiger partial charge in [0.05, 0.1) is 6.42 Å². The molecule has 1 aromatic carbocycles. The summed E-state index contributed by atoms with van der Waals surface area (Å²) in [4.78, 5) is 26.3. The number of carbonyl (C=O) groups excluding carboxylic acids is 2. The number of nitrogens with one attached hydrogen (secondary N) is 1. The van der Waals surface area contributed by atoms with Gasteiger partial charge < -0.3 is 16.0 Å². The highest BCUT2D eigenvalue weighted by Gasteiger charge is 2.36. The van der Waals surface area contributed by atoms with Crippen LogP contribution in [-0.4, -0.2) is 35.3 Å². The number of anilines is 1. The Labute approximate surface area is 136 Å². The first-order chi connectivity index (χ1) is 10.1. The lowest BCUT2D eigenvalue weighted by molar-refractivity contribution is -0.138. The first kappa shape index (κ1) is 16.6. The van der Waals surface area contributed by atoms with E-state index in [1.54, 1.807) is 17.0 Å². The molecule has 0 radical (unpaired) electrons. The molecule has 1 heterocycles. The van der Waals surface area contributed by atoms with Gasteiger partial charge in [-0.1, -0.05) is 12.1 Å². The lowest BCUT2D eigenvalue weighted by Gasteiger charge is -2.24. The molecule has 2 aliphatic rings. The molecule has 120 valence electrons. The number of hydrogen-bond acceptors (Lipinski definition) is 3. The highest BCUT2D eigenvalue weighted by Crippen LogP contribution is 2.23. The average molecular weight is 324 g/mol. The van der Waals surface area contributed by atoms with Crippen LogP contribution in [0.5, 0.6) is 0 Å². The van der Waals surface area contributed by atoms with E-state index in [0.29, 0.717) is 24.7 Å². The van der Waals surface area contributed by atoms with Gasteiger partial charge in [-0.2, -0.15) is 0 Å². The minimum atomic E-state index is -0.285. The van der Waals surface area contributed by atoms with Crippen LogP contribution in [0.25, 0.3) is 0 Å². The van der Waals surface area contributed by atoms with Crippen molar-refractivity contribution in [1.29, 1.82) is 0 Å². The third-order valence-corrected chi connectivity index (χ3v) is 4.13. The van der Waals surface area contributed by atoms with Crippen LogP contribution in [0.2, 0.25) is 0 Å². The second kappa shape index (κ2) is 7.01. The van der Waals surface area contributed by atoms with Gasteiger partial charge >= 0.3 is 0 Å². The van der Waals surface area contributed by atoms with Crippen molar-refractivity contribution in [3.63, 3.8) is 0 Å². The van der Waals surface area contributed by atoms with E-state index in [2.05, 4.69) is 5.32 Å². The SMILES string of the molecule is Cl.Nc1ccc(CC(=O)N2CCCC2C(=O)NC2CC2)cc1. The number of benzene rings is 1. The van der Waals surface area contributed by atoms with Crippen LogP contribution in [0, 0.1) is 0 Å². The summed E-state index contributed by atoms with van der Waals surface area (Å²) in [6.07, 6.45) is 4.13. The molecule has 1 saturated carbocycles. The highest BCUT2D eigenvalue weighted by atomic mass is 35.5. The molecule has 1 aliphatic carbocycles. The molecule has 0 aromatic heterocycles. The Morgan fingerprint density at radius 1 is 1.18 bits per heavy atom. The lowest BCUT2D eigenvalue weighted by atomic mass is 10.1. The molecule has 1 aromatic rings. The number of nitrogens with zero attached hydrogens (tertiary/aromatic N) is 1. The molecule has 2 fully saturated rings. The maximum absolute atomic E-state index is 12.4. The van der Waals surface area contributed by atoms with Crippen molar-refractivity contribution in [3.8, 4) is 0 Å². The molecule has 6 heteroatoms. The van der Waals surface area contributed by atoms with E-state index < -0.39 is 0 Å². The van der Waals surface area contributed by atoms with E-state index in [1.165, 1.54) is 0 Å². The van der Waals surface area contributed by atoms with Crippen molar-refractivity contribution in [1.82, 2.24) is 10.2 Å². The van der Waals surface area contributed by atoms with E-state index in [4.69, 9.17) is 5.73 Å². The number of halogens is 1. The summed E-state index contributed by atoms with van der Waals surface area (Å²) in [6, 6.07) is 7.37. The highest BCUT2D eigenvalue weighted by molar-refractivity contribution is 5.89. The van der Waals surface area contributed by atoms with E-state index >= 15 is 0 Å². The fourth-order valence-corrected chi connectivity index (χ4v) is 2.77. The molecule has 1 saturated heterocycles. The van der Waals surface area contributed by atoms with Gasteiger partial charge in [0, 0.05) is 18.3 Å². The van der Waals surface area contributed by atoms with Crippen LogP contribution in [0.15, 0.2) is 24.3 Å². The van der Waals surface area contributed by atoms with E-state index in [0.717, 1.165) is 31.2 Å². The molecule has 3 N–H and O–H groups in total. The molecule has 0 spiro atoms. The molecule has 0 bridgehead atoms. The van der Waals surface area contributed by atoms with Crippen molar-refractivity contribution < 1.29 is 9.59 Å². The van der Waals surface area contributed by atoms with Crippen LogP contribution in [0.3, 0.4) is 0 Å². The summed E-state index contributed by atoms with van der Waals surface area (Å²) in [6.45, 7) is 0.677. The van der Waals surface area contributed by atoms with Crippen LogP contribution >= 0.6 is 12.4 Å². The lowest BCUT2D eigenvalue weighted by Crippen LogP contribution is -2.47. The number of amides is 2. The number of nitrogens with two attached hydrogens (primary N) is 1. The predicted octanol–water partition coefficient (Wildman–Crippen LogP) is 1.50. The zero-order chi connectivity index (χ0) is 14.8. The Morgan fingerprint density at radius 2 is 1.86 bits per heavy atom. The Bertz CT molecular complexity index is 543. The Balaban J connectivity index is 0.00000176. The summed E-state index contributed by atoms with van der Waals surface area (Å²) in [7, 11) is 0. The quantitative estimate of drug-likeness (QED) is 0.825. The van der Waals surface area contributed by atoms with Gasteiger partial charge in [0.25, 0.3) is 0 Å². The van der Waals surface area contributed by atoms with E-state index in [-0.39, 0.29) is 30.3 Å². The molecule has 1 atom stereocenters. The van der Waals surface area contributed by atoms with Crippen LogP contribution in [-0.2, 0) is 16.0 Å². The van der Waals surface area contributed by atoms with Crippen molar-refractivity contribution in [3.05, 3.63) is 29.8 Å². The fourth-order valence-electron chi connectivity index (χ4n) is 2.77. The maximum atomic E-state index is 12.4. The third-order valence-electron chi connectivity index (χ3n) is 4.13. The zero-order valence-electron chi connectivity index (χ0n) is 12.5. The molecule has 22 heavy (non-hydrogen) atoms. The van der Waals surface area contributed by atoms with Crippen molar-refractivity contribution >= 4 is 29.9 Å². The zero-order valence-corrected chi connectivity index (χ0v) is 13.3. The van der Waals surface area contributed by atoms with Crippen molar-refractivity contribution in [2.45, 2.75) is 44.2 Å². The average Bonchev–Trinajstić information content (AvgIpc) is 3.13. The van der Waals surface area contributed by atoms with Gasteiger partial charge in [-0.3, -0.25) is 9.59 Å². The van der Waals surface area contributed by atoms with Gasteiger partial charge in [-0.25, -0.2) is 0 Å². The predicted molar refractivity (Wildman–Crippen MR) is 87.7 cm³/mol. The summed E-state index contributed by atoms with van der Waals surface area (Å²) >= 11 is 0. The van der Waals surface area contributed by atoms with Crippen LogP contribution < -0.4 is 11.1 Å². The van der Waals surface area contributed by atoms with Gasteiger partial charge in [-0.05, 0) is 43.4 Å². The molecule has 5 nitrogen and oxygen atoms in total. The third kappa shape index (κ3) is 3.91. The standard InChI is InChI=1S/C16H21N3O2.ClH/c17-12-5-3-11(4-6-12)10-15(20)19-9-1-2-14(19)16(21)18-13-7-8-13;/h3-6,13-14H,1-2,7-10,17H2,(H,18,21);1H. The normalized spacial score (nSPS) is 20.4. The second-order valence-corrected chi connectivity index (χ2v) is 5.95. The number of rotatable bonds is 4. The summed E-state index contributed by atoms with van der Waals surface area (Å²) in [5.41, 5.74) is 7.27. The minimum Gasteiger partial charge on any atom is -0.399 e. The van der Waals surface area contributed by atoms with Gasteiger partial charge in [0.1, 0.15) is 6.04 Å². The largest absolute Gasteiger partial charge is 0.399 e. The molecular formula is C16H22ClN3O2. The molecule has 3 rings (SSSR count). The van der Waals surface area contributed by atoms with Crippen LogP contribution in [0.1, 0.15) is 31.2 Å². The van der Waals surface area contributed by atoms with E-state index in [1.807, 2.05) is 12.1 Å². The smallest absolute Gasteiger partial charge is 0.243 e. The first-order valence-corrected chi connectivity index (χ1v) is 7.58. The Hall–Kier alpha value is -1.75. The number of hydrogen-bond donors (Lipinski definition) is 2. The maximum Gasteiger partial charge on any atom is 0.243 e. The van der Waals surface area contributed by atoms with Gasteiger partial charge in [0.15, 0.2) is 0 Å². The molecular weight excluding hydrogens is 302 g/mol. The number of nitrogen functional groups attached to an aromatic ring is 1. The van der Waals surface area contributed by atoms with Crippen LogP contribution in [0.4, 0.5) is 5.69 Å². The summed E-state index contributed by atoms with van der Waals surface area (Å²) < 4.78 is 0. The second-order valence-electron chi connectivity index (χ2n) is 5.95. The Morgan fingerprint density at radius 3 is 2.50 bits per heavy atom. The van der Waals surface area contributed by atoms with Crippen molar-refractivity contribution in [2.75, 3.05) is 12.3 Å². The minimum absolute atomic E-state index is 0. The topological polar surface area (TPSA) is 75.4 Å². The fraction of sp³-hybridized carbons (Fsp3) is 0.500. The van der Waals surface area contributed by atoms with E-state index in [9.17, 15) is 9.59 Å². The first-order valence-electron chi connectivity index (χ1n) is 7.58. The number of carbonyl (C=O) groups is 2. The summed E-state index contributed by atoms with van der Waals surface area (Å²) in [5, 5.41) is 3.00. The van der Waals surface area contributed by atoms with Gasteiger partial charge in [0.2, 0.25) is 11.8 Å². The van der Waals surface area contributed by atoms with Crippen molar-refractivity contribution in [2.24, 2.45) is 0 Å².